The van der Waals surface area contributed by atoms with Gasteiger partial charge in [-0.1, -0.05) is 20.3 Å². The Balaban J connectivity index is 2.99. The van der Waals surface area contributed by atoms with Crippen LogP contribution in [0.2, 0.25) is 0 Å². The van der Waals surface area contributed by atoms with Crippen LogP contribution >= 0.6 is 12.0 Å². The maximum absolute atomic E-state index is 5.49. The van der Waals surface area contributed by atoms with E-state index in [1.165, 1.54) is 18.5 Å². The van der Waals surface area contributed by atoms with Crippen molar-refractivity contribution in [3.63, 3.8) is 0 Å². The molecule has 1 atom stereocenters. The summed E-state index contributed by atoms with van der Waals surface area (Å²) in [5, 5.41) is 3.38. The predicted octanol–water partition coefficient (Wildman–Crippen LogP) is 2.00. The van der Waals surface area contributed by atoms with Crippen LogP contribution in [-0.2, 0) is 27.9 Å². The summed E-state index contributed by atoms with van der Waals surface area (Å²) < 4.78 is 32.2. The molecule has 0 aliphatic carbocycles. The zero-order valence-electron chi connectivity index (χ0n) is 16.8. The van der Waals surface area contributed by atoms with Crippen LogP contribution < -0.4 is 5.32 Å². The molecule has 0 aromatic carbocycles. The highest BCUT2D eigenvalue weighted by molar-refractivity contribution is 7.93. The van der Waals surface area contributed by atoms with E-state index in [0.29, 0.717) is 66.1 Å². The van der Waals surface area contributed by atoms with Gasteiger partial charge in [-0.3, -0.25) is 0 Å². The molecule has 0 heterocycles. The minimum Gasteiger partial charge on any atom is -0.378 e. The van der Waals surface area contributed by atoms with E-state index in [1.54, 1.807) is 0 Å². The van der Waals surface area contributed by atoms with Crippen LogP contribution in [0.3, 0.4) is 0 Å². The van der Waals surface area contributed by atoms with Crippen molar-refractivity contribution >= 4 is 12.0 Å². The lowest BCUT2D eigenvalue weighted by Gasteiger charge is -2.10. The minimum absolute atomic E-state index is 0.567. The monoisotopic (exact) mass is 397 g/mol. The van der Waals surface area contributed by atoms with Crippen LogP contribution in [0.25, 0.3) is 0 Å². The summed E-state index contributed by atoms with van der Waals surface area (Å²) in [6.45, 7) is 13.0. The fourth-order valence-corrected chi connectivity index (χ4v) is 2.03. The van der Waals surface area contributed by atoms with Crippen LogP contribution in [0, 0.1) is 5.92 Å². The SMILES string of the molecule is CCC(C)CNCCOCCOCCOCCOCCOCCOSC. The maximum atomic E-state index is 5.49. The molecule has 0 aromatic rings. The summed E-state index contributed by atoms with van der Waals surface area (Å²) in [7, 11) is 0. The van der Waals surface area contributed by atoms with Crippen LogP contribution in [-0.4, -0.2) is 92.0 Å². The summed E-state index contributed by atoms with van der Waals surface area (Å²) in [5.41, 5.74) is 0. The average Bonchev–Trinajstić information content (AvgIpc) is 2.66. The van der Waals surface area contributed by atoms with Crippen molar-refractivity contribution in [1.29, 1.82) is 0 Å². The van der Waals surface area contributed by atoms with Gasteiger partial charge in [0.25, 0.3) is 0 Å². The molecule has 0 saturated carbocycles. The third kappa shape index (κ3) is 22.1. The molecule has 1 N–H and O–H groups in total. The van der Waals surface area contributed by atoms with Crippen molar-refractivity contribution in [1.82, 2.24) is 5.32 Å². The van der Waals surface area contributed by atoms with Gasteiger partial charge in [0, 0.05) is 12.8 Å². The molecular formula is C18H39NO6S. The van der Waals surface area contributed by atoms with Gasteiger partial charge < -0.3 is 33.2 Å². The third-order valence-corrected chi connectivity index (χ3v) is 3.93. The van der Waals surface area contributed by atoms with E-state index in [-0.39, 0.29) is 0 Å². The lowest BCUT2D eigenvalue weighted by atomic mass is 10.1. The van der Waals surface area contributed by atoms with Crippen molar-refractivity contribution in [2.45, 2.75) is 20.3 Å². The van der Waals surface area contributed by atoms with Crippen molar-refractivity contribution < 1.29 is 27.9 Å². The summed E-state index contributed by atoms with van der Waals surface area (Å²) in [5.74, 6) is 0.724. The van der Waals surface area contributed by atoms with Gasteiger partial charge in [-0.15, -0.1) is 0 Å². The Labute approximate surface area is 164 Å². The molecule has 0 spiro atoms. The van der Waals surface area contributed by atoms with E-state index in [1.807, 2.05) is 6.26 Å². The van der Waals surface area contributed by atoms with Gasteiger partial charge in [0.2, 0.25) is 0 Å². The Morgan fingerprint density at radius 2 is 1.12 bits per heavy atom. The normalized spacial score (nSPS) is 12.6. The number of rotatable bonds is 22. The van der Waals surface area contributed by atoms with E-state index >= 15 is 0 Å². The lowest BCUT2D eigenvalue weighted by molar-refractivity contribution is -0.0121. The molecule has 0 amide bonds. The van der Waals surface area contributed by atoms with Gasteiger partial charge >= 0.3 is 0 Å². The molecule has 158 valence electrons. The highest BCUT2D eigenvalue weighted by atomic mass is 32.2. The van der Waals surface area contributed by atoms with Gasteiger partial charge in [0.15, 0.2) is 0 Å². The first kappa shape index (κ1) is 26.1. The molecule has 0 fully saturated rings. The topological polar surface area (TPSA) is 67.4 Å². The molecule has 0 aromatic heterocycles. The minimum atomic E-state index is 0.567. The Morgan fingerprint density at radius 1 is 0.692 bits per heavy atom. The van der Waals surface area contributed by atoms with Crippen LogP contribution in [0.5, 0.6) is 0 Å². The number of hydrogen-bond donors (Lipinski definition) is 1. The Kier molecular flexibility index (Phi) is 23.2. The van der Waals surface area contributed by atoms with Crippen molar-refractivity contribution in [2.24, 2.45) is 5.92 Å². The molecule has 0 rings (SSSR count). The molecule has 0 aliphatic rings. The summed E-state index contributed by atoms with van der Waals surface area (Å²) >= 11 is 1.34. The summed E-state index contributed by atoms with van der Waals surface area (Å²) in [6.07, 6.45) is 3.09. The van der Waals surface area contributed by atoms with E-state index in [9.17, 15) is 0 Å². The fraction of sp³-hybridized carbons (Fsp3) is 1.00. The second-order valence-corrected chi connectivity index (χ2v) is 6.34. The molecule has 1 unspecified atom stereocenters. The van der Waals surface area contributed by atoms with Crippen LogP contribution in [0.4, 0.5) is 0 Å². The molecule has 0 radical (unpaired) electrons. The molecule has 0 saturated heterocycles. The van der Waals surface area contributed by atoms with Crippen molar-refractivity contribution in [3.05, 3.63) is 0 Å². The smallest absolute Gasteiger partial charge is 0.0847 e. The van der Waals surface area contributed by atoms with Crippen molar-refractivity contribution in [3.8, 4) is 0 Å². The number of ether oxygens (including phenoxy) is 5. The molecule has 26 heavy (non-hydrogen) atoms. The van der Waals surface area contributed by atoms with Crippen LogP contribution in [0.1, 0.15) is 20.3 Å². The average molecular weight is 398 g/mol. The second kappa shape index (κ2) is 23.1. The molecular weight excluding hydrogens is 358 g/mol. The van der Waals surface area contributed by atoms with Gasteiger partial charge in [-0.2, -0.15) is 0 Å². The number of nitrogens with one attached hydrogen (secondary N) is 1. The number of hydrogen-bond acceptors (Lipinski definition) is 8. The lowest BCUT2D eigenvalue weighted by Crippen LogP contribution is -2.25. The first-order valence-corrected chi connectivity index (χ1v) is 10.7. The molecule has 0 bridgehead atoms. The van der Waals surface area contributed by atoms with Crippen LogP contribution in [0.15, 0.2) is 0 Å². The second-order valence-electron chi connectivity index (χ2n) is 5.77. The van der Waals surface area contributed by atoms with Gasteiger partial charge in [-0.25, -0.2) is 0 Å². The largest absolute Gasteiger partial charge is 0.378 e. The van der Waals surface area contributed by atoms with E-state index < -0.39 is 0 Å². The third-order valence-electron chi connectivity index (χ3n) is 3.53. The first-order valence-electron chi connectivity index (χ1n) is 9.56. The van der Waals surface area contributed by atoms with Gasteiger partial charge in [0.05, 0.1) is 72.7 Å². The highest BCUT2D eigenvalue weighted by Gasteiger charge is 1.97. The summed E-state index contributed by atoms with van der Waals surface area (Å²) in [4.78, 5) is 0. The summed E-state index contributed by atoms with van der Waals surface area (Å²) in [6, 6.07) is 0. The first-order chi connectivity index (χ1) is 12.8. The Morgan fingerprint density at radius 3 is 1.54 bits per heavy atom. The molecule has 8 heteroatoms. The van der Waals surface area contributed by atoms with E-state index in [0.717, 1.165) is 25.6 Å². The highest BCUT2D eigenvalue weighted by Crippen LogP contribution is 1.96. The fourth-order valence-electron chi connectivity index (χ4n) is 1.80. The molecule has 7 nitrogen and oxygen atoms in total. The quantitative estimate of drug-likeness (QED) is 0.220. The van der Waals surface area contributed by atoms with E-state index in [4.69, 9.17) is 27.9 Å². The van der Waals surface area contributed by atoms with Gasteiger partial charge in [-0.05, 0) is 24.5 Å². The Bertz CT molecular complexity index is 264. The molecule has 0 aliphatic heterocycles. The van der Waals surface area contributed by atoms with Crippen molar-refractivity contribution in [2.75, 3.05) is 92.0 Å². The maximum Gasteiger partial charge on any atom is 0.0847 e. The Hall–Kier alpha value is 0.0700. The zero-order chi connectivity index (χ0) is 19.1. The predicted molar refractivity (Wildman–Crippen MR) is 106 cm³/mol. The standard InChI is InChI=1S/C18H39NO6S/c1-4-18(2)17-19-5-6-20-7-8-21-9-10-22-11-12-23-13-14-24-15-16-25-26-3/h18-19H,4-17H2,1-3H3. The van der Waals surface area contributed by atoms with Gasteiger partial charge in [0.1, 0.15) is 0 Å². The van der Waals surface area contributed by atoms with E-state index in [2.05, 4.69) is 19.2 Å². The zero-order valence-corrected chi connectivity index (χ0v) is 17.7.